The van der Waals surface area contributed by atoms with Crippen LogP contribution in [-0.2, 0) is 16.1 Å². The number of carbonyl (C=O) groups excluding carboxylic acids is 1. The molecule has 0 spiro atoms. The molecule has 134 valence electrons. The Balaban J connectivity index is 1.66. The van der Waals surface area contributed by atoms with Gasteiger partial charge in [0.1, 0.15) is 6.54 Å². The number of morpholine rings is 1. The lowest BCUT2D eigenvalue weighted by molar-refractivity contribution is -0.122. The number of benzene rings is 1. The molecule has 1 aliphatic rings. The molecule has 1 aromatic carbocycles. The second kappa shape index (κ2) is 7.62. The molecular formula is C17H22N4O4. The van der Waals surface area contributed by atoms with Crippen molar-refractivity contribution in [3.63, 3.8) is 0 Å². The summed E-state index contributed by atoms with van der Waals surface area (Å²) in [6.45, 7) is 5.52. The van der Waals surface area contributed by atoms with Gasteiger partial charge in [0, 0.05) is 25.7 Å². The lowest BCUT2D eigenvalue weighted by Crippen LogP contribution is -2.47. The van der Waals surface area contributed by atoms with Gasteiger partial charge in [0.25, 0.3) is 11.1 Å². The van der Waals surface area contributed by atoms with Gasteiger partial charge >= 0.3 is 0 Å². The summed E-state index contributed by atoms with van der Waals surface area (Å²) in [5.41, 5.74) is -0.768. The van der Waals surface area contributed by atoms with Gasteiger partial charge in [-0.15, -0.1) is 0 Å². The molecule has 1 aromatic heterocycles. The van der Waals surface area contributed by atoms with Crippen molar-refractivity contribution in [2.75, 3.05) is 32.8 Å². The standard InChI is InChI=1S/C17H22N4O4/c1-12(10-20-6-8-25-9-7-20)18-15(22)11-21-17(24)14-5-3-2-4-13(14)16(23)19-21/h2-5,12H,6-11H2,1H3,(H,18,22)(H,19,23)/t12-/m0/s1. The summed E-state index contributed by atoms with van der Waals surface area (Å²) in [5, 5.41) is 5.96. The van der Waals surface area contributed by atoms with Gasteiger partial charge in [0.2, 0.25) is 5.91 Å². The molecule has 25 heavy (non-hydrogen) atoms. The molecule has 0 radical (unpaired) electrons. The summed E-state index contributed by atoms with van der Waals surface area (Å²) in [4.78, 5) is 38.9. The largest absolute Gasteiger partial charge is 0.379 e. The van der Waals surface area contributed by atoms with Crippen LogP contribution in [0.15, 0.2) is 33.9 Å². The normalized spacial score (nSPS) is 16.7. The van der Waals surface area contributed by atoms with Gasteiger partial charge in [-0.05, 0) is 19.1 Å². The van der Waals surface area contributed by atoms with Gasteiger partial charge in [-0.2, -0.15) is 0 Å². The molecule has 0 aliphatic carbocycles. The zero-order valence-corrected chi connectivity index (χ0v) is 14.2. The van der Waals surface area contributed by atoms with Crippen molar-refractivity contribution in [3.05, 3.63) is 45.0 Å². The maximum absolute atomic E-state index is 12.4. The maximum Gasteiger partial charge on any atom is 0.273 e. The van der Waals surface area contributed by atoms with Crippen LogP contribution in [0.5, 0.6) is 0 Å². The predicted octanol–water partition coefficient (Wildman–Crippen LogP) is -0.473. The Hall–Kier alpha value is -2.45. The SMILES string of the molecule is C[C@@H](CN1CCOCC1)NC(=O)Cn1[nH]c(=O)c2ccccc2c1=O. The fourth-order valence-corrected chi connectivity index (χ4v) is 3.04. The molecule has 1 amide bonds. The van der Waals surface area contributed by atoms with Crippen molar-refractivity contribution in [3.8, 4) is 0 Å². The minimum atomic E-state index is -0.385. The number of aromatic nitrogens is 2. The van der Waals surface area contributed by atoms with Gasteiger partial charge in [0.15, 0.2) is 0 Å². The molecule has 0 saturated carbocycles. The van der Waals surface area contributed by atoms with Crippen molar-refractivity contribution in [2.45, 2.75) is 19.5 Å². The van der Waals surface area contributed by atoms with Gasteiger partial charge in [-0.3, -0.25) is 24.4 Å². The highest BCUT2D eigenvalue weighted by molar-refractivity contribution is 5.81. The number of H-pyrrole nitrogens is 1. The molecule has 1 saturated heterocycles. The van der Waals surface area contributed by atoms with Crippen LogP contribution < -0.4 is 16.4 Å². The van der Waals surface area contributed by atoms with E-state index in [4.69, 9.17) is 4.74 Å². The zero-order valence-electron chi connectivity index (χ0n) is 14.2. The number of rotatable bonds is 5. The first-order chi connectivity index (χ1) is 12.0. The van der Waals surface area contributed by atoms with Crippen LogP contribution in [0, 0.1) is 0 Å². The van der Waals surface area contributed by atoms with E-state index in [0.29, 0.717) is 24.0 Å². The Morgan fingerprint density at radius 3 is 2.64 bits per heavy atom. The van der Waals surface area contributed by atoms with Crippen LogP contribution in [0.3, 0.4) is 0 Å². The van der Waals surface area contributed by atoms with Gasteiger partial charge in [-0.1, -0.05) is 12.1 Å². The molecule has 0 bridgehead atoms. The number of amides is 1. The summed E-state index contributed by atoms with van der Waals surface area (Å²) in [7, 11) is 0. The summed E-state index contributed by atoms with van der Waals surface area (Å²) >= 11 is 0. The minimum absolute atomic E-state index is 0.0616. The van der Waals surface area contributed by atoms with E-state index in [0.717, 1.165) is 24.3 Å². The number of nitrogens with zero attached hydrogens (tertiary/aromatic N) is 2. The number of hydrogen-bond acceptors (Lipinski definition) is 5. The lowest BCUT2D eigenvalue weighted by atomic mass is 10.2. The van der Waals surface area contributed by atoms with Gasteiger partial charge < -0.3 is 10.1 Å². The summed E-state index contributed by atoms with van der Waals surface area (Å²) < 4.78 is 6.36. The Morgan fingerprint density at radius 2 is 1.92 bits per heavy atom. The van der Waals surface area contributed by atoms with Gasteiger partial charge in [0.05, 0.1) is 24.0 Å². The number of fused-ring (bicyclic) bond motifs is 1. The van der Waals surface area contributed by atoms with Crippen LogP contribution in [-0.4, -0.2) is 59.5 Å². The molecular weight excluding hydrogens is 324 g/mol. The Kier molecular flexibility index (Phi) is 5.30. The summed E-state index contributed by atoms with van der Waals surface area (Å²) in [6.07, 6.45) is 0. The average molecular weight is 346 g/mol. The molecule has 3 rings (SSSR count). The quantitative estimate of drug-likeness (QED) is 0.763. The molecule has 1 atom stereocenters. The van der Waals surface area contributed by atoms with E-state index in [2.05, 4.69) is 15.3 Å². The maximum atomic E-state index is 12.4. The first-order valence-electron chi connectivity index (χ1n) is 8.36. The van der Waals surface area contributed by atoms with Crippen molar-refractivity contribution in [2.24, 2.45) is 0 Å². The van der Waals surface area contributed by atoms with E-state index in [1.165, 1.54) is 0 Å². The molecule has 2 heterocycles. The number of nitrogens with one attached hydrogen (secondary N) is 2. The summed E-state index contributed by atoms with van der Waals surface area (Å²) in [6, 6.07) is 6.50. The first kappa shape index (κ1) is 17.4. The van der Waals surface area contributed by atoms with Crippen LogP contribution in [0.25, 0.3) is 10.8 Å². The summed E-state index contributed by atoms with van der Waals surface area (Å²) in [5.74, 6) is -0.311. The van der Waals surface area contributed by atoms with E-state index >= 15 is 0 Å². The van der Waals surface area contributed by atoms with E-state index < -0.39 is 0 Å². The number of carbonyl (C=O) groups is 1. The van der Waals surface area contributed by atoms with Crippen LogP contribution in [0.2, 0.25) is 0 Å². The van der Waals surface area contributed by atoms with E-state index in [-0.39, 0.29) is 29.6 Å². The van der Waals surface area contributed by atoms with E-state index in [9.17, 15) is 14.4 Å². The van der Waals surface area contributed by atoms with Crippen molar-refractivity contribution < 1.29 is 9.53 Å². The minimum Gasteiger partial charge on any atom is -0.379 e. The van der Waals surface area contributed by atoms with Crippen LogP contribution in [0.1, 0.15) is 6.92 Å². The molecule has 1 fully saturated rings. The van der Waals surface area contributed by atoms with Crippen molar-refractivity contribution in [1.29, 1.82) is 0 Å². The molecule has 0 unspecified atom stereocenters. The number of ether oxygens (including phenoxy) is 1. The Labute approximate surface area is 144 Å². The first-order valence-corrected chi connectivity index (χ1v) is 8.36. The third kappa shape index (κ3) is 4.15. The lowest BCUT2D eigenvalue weighted by Gasteiger charge is -2.29. The highest BCUT2D eigenvalue weighted by Crippen LogP contribution is 2.02. The highest BCUT2D eigenvalue weighted by Gasteiger charge is 2.16. The molecule has 8 heteroatoms. The van der Waals surface area contributed by atoms with E-state index in [1.807, 2.05) is 6.92 Å². The fourth-order valence-electron chi connectivity index (χ4n) is 3.04. The topological polar surface area (TPSA) is 96.4 Å². The van der Waals surface area contributed by atoms with Crippen molar-refractivity contribution >= 4 is 16.7 Å². The van der Waals surface area contributed by atoms with E-state index in [1.54, 1.807) is 24.3 Å². The monoisotopic (exact) mass is 346 g/mol. The Morgan fingerprint density at radius 1 is 1.24 bits per heavy atom. The molecule has 2 N–H and O–H groups in total. The zero-order chi connectivity index (χ0) is 17.8. The van der Waals surface area contributed by atoms with Crippen LogP contribution in [0.4, 0.5) is 0 Å². The molecule has 8 nitrogen and oxygen atoms in total. The fraction of sp³-hybridized carbons (Fsp3) is 0.471. The third-order valence-electron chi connectivity index (χ3n) is 4.23. The smallest absolute Gasteiger partial charge is 0.273 e. The highest BCUT2D eigenvalue weighted by atomic mass is 16.5. The third-order valence-corrected chi connectivity index (χ3v) is 4.23. The van der Waals surface area contributed by atoms with Crippen molar-refractivity contribution in [1.82, 2.24) is 20.0 Å². The number of hydrogen-bond donors (Lipinski definition) is 2. The van der Waals surface area contributed by atoms with Crippen LogP contribution >= 0.6 is 0 Å². The second-order valence-electron chi connectivity index (χ2n) is 6.26. The second-order valence-corrected chi connectivity index (χ2v) is 6.26. The molecule has 2 aromatic rings. The Bertz CT molecular complexity index is 867. The molecule has 1 aliphatic heterocycles. The average Bonchev–Trinajstić information content (AvgIpc) is 2.60. The van der Waals surface area contributed by atoms with Gasteiger partial charge in [-0.25, -0.2) is 4.68 Å². The number of aromatic amines is 1. The predicted molar refractivity (Wildman–Crippen MR) is 93.7 cm³/mol.